The van der Waals surface area contributed by atoms with Crippen LogP contribution in [0.5, 0.6) is 0 Å². The van der Waals surface area contributed by atoms with Gasteiger partial charge in [-0.25, -0.2) is 4.98 Å². The molecule has 2 heterocycles. The number of carbonyl (C=O) groups excluding carboxylic acids is 1. The molecular formula is C14H11BrN2O2. The summed E-state index contributed by atoms with van der Waals surface area (Å²) < 4.78 is 6.05. The molecule has 1 aromatic carbocycles. The molecule has 1 aromatic heterocycles. The van der Waals surface area contributed by atoms with Gasteiger partial charge in [-0.3, -0.25) is 4.79 Å². The van der Waals surface area contributed by atoms with Crippen molar-refractivity contribution in [3.63, 3.8) is 0 Å². The number of hydrogen-bond acceptors (Lipinski definition) is 3. The minimum Gasteiger partial charge on any atom is -0.372 e. The zero-order valence-electron chi connectivity index (χ0n) is 10.0. The van der Waals surface area contributed by atoms with Crippen molar-refractivity contribution in [2.24, 2.45) is 0 Å². The smallest absolute Gasteiger partial charge is 0.257 e. The fourth-order valence-electron chi connectivity index (χ4n) is 1.96. The molecule has 0 aliphatic carbocycles. The van der Waals surface area contributed by atoms with E-state index in [0.717, 1.165) is 11.3 Å². The molecule has 0 atom stereocenters. The van der Waals surface area contributed by atoms with Gasteiger partial charge < -0.3 is 10.1 Å². The molecule has 0 fully saturated rings. The van der Waals surface area contributed by atoms with Gasteiger partial charge in [0.2, 0.25) is 0 Å². The third kappa shape index (κ3) is 2.67. The van der Waals surface area contributed by atoms with E-state index in [-0.39, 0.29) is 5.91 Å². The molecule has 0 saturated heterocycles. The summed E-state index contributed by atoms with van der Waals surface area (Å²) in [5.41, 5.74) is 3.62. The summed E-state index contributed by atoms with van der Waals surface area (Å²) in [6, 6.07) is 9.29. The molecule has 0 bridgehead atoms. The van der Waals surface area contributed by atoms with Gasteiger partial charge in [-0.05, 0) is 51.3 Å². The Hall–Kier alpha value is -1.72. The fraction of sp³-hybridized carbons (Fsp3) is 0.143. The largest absolute Gasteiger partial charge is 0.372 e. The van der Waals surface area contributed by atoms with Crippen molar-refractivity contribution >= 4 is 27.5 Å². The number of nitrogens with one attached hydrogen (secondary N) is 1. The van der Waals surface area contributed by atoms with Crippen molar-refractivity contribution in [1.82, 2.24) is 4.98 Å². The molecule has 1 amide bonds. The Labute approximate surface area is 118 Å². The fourth-order valence-corrected chi connectivity index (χ4v) is 2.20. The second-order valence-electron chi connectivity index (χ2n) is 4.30. The number of amides is 1. The predicted octanol–water partition coefficient (Wildman–Crippen LogP) is 3.13. The minimum absolute atomic E-state index is 0.168. The van der Waals surface area contributed by atoms with Crippen LogP contribution >= 0.6 is 15.9 Å². The lowest BCUT2D eigenvalue weighted by Gasteiger charge is -2.06. The summed E-state index contributed by atoms with van der Waals surface area (Å²) >= 11 is 3.24. The third-order valence-corrected chi connectivity index (χ3v) is 3.44. The van der Waals surface area contributed by atoms with E-state index in [0.29, 0.717) is 23.4 Å². The molecular weight excluding hydrogens is 308 g/mol. The highest BCUT2D eigenvalue weighted by Crippen LogP contribution is 2.23. The monoisotopic (exact) mass is 318 g/mol. The van der Waals surface area contributed by atoms with Crippen molar-refractivity contribution in [2.75, 3.05) is 5.32 Å². The Morgan fingerprint density at radius 3 is 2.84 bits per heavy atom. The number of nitrogens with zero attached hydrogens (tertiary/aromatic N) is 1. The Balaban J connectivity index is 1.77. The van der Waals surface area contributed by atoms with E-state index >= 15 is 0 Å². The van der Waals surface area contributed by atoms with Gasteiger partial charge in [0.1, 0.15) is 4.60 Å². The standard InChI is InChI=1S/C14H11BrN2O2/c15-13-4-2-9(6-16-13)14(18)17-12-3-1-10-7-19-8-11(10)5-12/h1-6H,7-8H2,(H,17,18). The van der Waals surface area contributed by atoms with Gasteiger partial charge in [0.25, 0.3) is 5.91 Å². The maximum atomic E-state index is 12.0. The number of carbonyl (C=O) groups is 1. The van der Waals surface area contributed by atoms with Crippen LogP contribution in [0.15, 0.2) is 41.1 Å². The Kier molecular flexibility index (Phi) is 3.31. The zero-order valence-corrected chi connectivity index (χ0v) is 11.6. The Bertz CT molecular complexity index is 626. The summed E-state index contributed by atoms with van der Waals surface area (Å²) in [4.78, 5) is 16.1. The number of pyridine rings is 1. The summed E-state index contributed by atoms with van der Waals surface area (Å²) in [7, 11) is 0. The van der Waals surface area contributed by atoms with Gasteiger partial charge in [-0.2, -0.15) is 0 Å². The lowest BCUT2D eigenvalue weighted by Crippen LogP contribution is -2.12. The van der Waals surface area contributed by atoms with E-state index in [1.807, 2.05) is 18.2 Å². The molecule has 0 radical (unpaired) electrons. The first-order valence-corrected chi connectivity index (χ1v) is 6.64. The maximum Gasteiger partial charge on any atom is 0.257 e. The maximum absolute atomic E-state index is 12.0. The first-order valence-electron chi connectivity index (χ1n) is 5.85. The molecule has 0 saturated carbocycles. The number of halogens is 1. The molecule has 19 heavy (non-hydrogen) atoms. The summed E-state index contributed by atoms with van der Waals surface area (Å²) in [6.07, 6.45) is 1.54. The molecule has 1 aliphatic rings. The van der Waals surface area contributed by atoms with E-state index in [1.54, 1.807) is 12.1 Å². The van der Waals surface area contributed by atoms with Crippen LogP contribution in [0.3, 0.4) is 0 Å². The molecule has 96 valence electrons. The lowest BCUT2D eigenvalue weighted by atomic mass is 10.1. The highest BCUT2D eigenvalue weighted by molar-refractivity contribution is 9.10. The van der Waals surface area contributed by atoms with Crippen LogP contribution in [0.25, 0.3) is 0 Å². The van der Waals surface area contributed by atoms with E-state index in [9.17, 15) is 4.79 Å². The number of ether oxygens (including phenoxy) is 1. The van der Waals surface area contributed by atoms with Crippen molar-refractivity contribution < 1.29 is 9.53 Å². The van der Waals surface area contributed by atoms with Crippen molar-refractivity contribution in [2.45, 2.75) is 13.2 Å². The number of rotatable bonds is 2. The number of anilines is 1. The number of benzene rings is 1. The molecule has 4 nitrogen and oxygen atoms in total. The van der Waals surface area contributed by atoms with Crippen LogP contribution in [-0.2, 0) is 18.0 Å². The summed E-state index contributed by atoms with van der Waals surface area (Å²) in [5.74, 6) is -0.168. The molecule has 3 rings (SSSR count). The van der Waals surface area contributed by atoms with E-state index in [4.69, 9.17) is 4.74 Å². The first-order chi connectivity index (χ1) is 9.22. The third-order valence-electron chi connectivity index (χ3n) is 2.97. The average Bonchev–Trinajstić information content (AvgIpc) is 2.87. The number of hydrogen-bond donors (Lipinski definition) is 1. The number of aromatic nitrogens is 1. The van der Waals surface area contributed by atoms with Gasteiger partial charge in [0.15, 0.2) is 0 Å². The average molecular weight is 319 g/mol. The van der Waals surface area contributed by atoms with Gasteiger partial charge in [0, 0.05) is 11.9 Å². The number of fused-ring (bicyclic) bond motifs is 1. The summed E-state index contributed by atoms with van der Waals surface area (Å²) in [5, 5.41) is 2.86. The van der Waals surface area contributed by atoms with Crippen LogP contribution in [0.2, 0.25) is 0 Å². The quantitative estimate of drug-likeness (QED) is 0.865. The van der Waals surface area contributed by atoms with Crippen molar-refractivity contribution in [1.29, 1.82) is 0 Å². The van der Waals surface area contributed by atoms with Crippen molar-refractivity contribution in [3.8, 4) is 0 Å². The molecule has 2 aromatic rings. The second kappa shape index (κ2) is 5.11. The van der Waals surface area contributed by atoms with Crippen LogP contribution in [0.4, 0.5) is 5.69 Å². The predicted molar refractivity (Wildman–Crippen MR) is 74.8 cm³/mol. The van der Waals surface area contributed by atoms with Gasteiger partial charge in [-0.1, -0.05) is 6.07 Å². The molecule has 1 N–H and O–H groups in total. The molecule has 0 spiro atoms. The highest BCUT2D eigenvalue weighted by Gasteiger charge is 2.12. The first kappa shape index (κ1) is 12.3. The van der Waals surface area contributed by atoms with E-state index < -0.39 is 0 Å². The Morgan fingerprint density at radius 1 is 1.21 bits per heavy atom. The van der Waals surface area contributed by atoms with Crippen LogP contribution in [-0.4, -0.2) is 10.9 Å². The topological polar surface area (TPSA) is 51.2 Å². The minimum atomic E-state index is -0.168. The van der Waals surface area contributed by atoms with Gasteiger partial charge >= 0.3 is 0 Å². The van der Waals surface area contributed by atoms with Gasteiger partial charge in [0.05, 0.1) is 18.8 Å². The SMILES string of the molecule is O=C(Nc1ccc2c(c1)COC2)c1ccc(Br)nc1. The van der Waals surface area contributed by atoms with Crippen LogP contribution < -0.4 is 5.32 Å². The van der Waals surface area contributed by atoms with Crippen LogP contribution in [0, 0.1) is 0 Å². The molecule has 5 heteroatoms. The molecule has 1 aliphatic heterocycles. The van der Waals surface area contributed by atoms with Crippen molar-refractivity contribution in [3.05, 3.63) is 57.8 Å². The van der Waals surface area contributed by atoms with Gasteiger partial charge in [-0.15, -0.1) is 0 Å². The Morgan fingerprint density at radius 2 is 2.05 bits per heavy atom. The van der Waals surface area contributed by atoms with E-state index in [1.165, 1.54) is 11.8 Å². The highest BCUT2D eigenvalue weighted by atomic mass is 79.9. The second-order valence-corrected chi connectivity index (χ2v) is 5.11. The zero-order chi connectivity index (χ0) is 13.2. The summed E-state index contributed by atoms with van der Waals surface area (Å²) in [6.45, 7) is 1.26. The van der Waals surface area contributed by atoms with E-state index in [2.05, 4.69) is 26.2 Å². The van der Waals surface area contributed by atoms with Crippen LogP contribution in [0.1, 0.15) is 21.5 Å². The normalized spacial score (nSPS) is 13.1. The lowest BCUT2D eigenvalue weighted by molar-refractivity contribution is 0.102. The molecule has 0 unspecified atom stereocenters.